The minimum absolute atomic E-state index is 0.0795. The van der Waals surface area contributed by atoms with Crippen LogP contribution in [0.1, 0.15) is 33.6 Å². The van der Waals surface area contributed by atoms with E-state index in [1.54, 1.807) is 13.8 Å². The first-order valence-corrected chi connectivity index (χ1v) is 9.47. The number of aliphatic hydroxyl groups is 1. The maximum atomic E-state index is 12.7. The van der Waals surface area contributed by atoms with E-state index in [9.17, 15) is 29.4 Å². The second-order valence-corrected chi connectivity index (χ2v) is 7.07. The van der Waals surface area contributed by atoms with Crippen molar-refractivity contribution in [3.8, 4) is 0 Å². The number of amides is 3. The number of hydrogen-bond donors (Lipinski definition) is 8. The van der Waals surface area contributed by atoms with Crippen molar-refractivity contribution in [3.05, 3.63) is 0 Å². The quantitative estimate of drug-likeness (QED) is 0.0821. The fourth-order valence-electron chi connectivity index (χ4n) is 2.44. The van der Waals surface area contributed by atoms with Gasteiger partial charge in [-0.1, -0.05) is 13.8 Å². The highest BCUT2D eigenvalue weighted by atomic mass is 16.4. The number of carboxylic acid groups (broad SMARTS) is 1. The Balaban J connectivity index is 5.41. The molecule has 0 aromatic heterocycles. The highest BCUT2D eigenvalue weighted by Crippen LogP contribution is 2.06. The van der Waals surface area contributed by atoms with Gasteiger partial charge in [0.2, 0.25) is 17.7 Å². The molecule has 11 N–H and O–H groups in total. The fourth-order valence-corrected chi connectivity index (χ4v) is 2.44. The van der Waals surface area contributed by atoms with E-state index in [-0.39, 0.29) is 18.9 Å². The van der Waals surface area contributed by atoms with Gasteiger partial charge in [0.25, 0.3) is 0 Å². The van der Waals surface area contributed by atoms with E-state index < -0.39 is 60.4 Å². The molecule has 13 heteroatoms. The molecule has 0 rings (SSSR count). The molecule has 0 aliphatic rings. The summed E-state index contributed by atoms with van der Waals surface area (Å²) < 4.78 is 0. The Bertz CT molecular complexity index is 634. The largest absolute Gasteiger partial charge is 0.480 e. The molecule has 13 nitrogen and oxygen atoms in total. The zero-order valence-corrected chi connectivity index (χ0v) is 17.4. The number of aliphatic imine (C=N–C) groups is 1. The van der Waals surface area contributed by atoms with E-state index in [1.807, 2.05) is 0 Å². The molecule has 172 valence electrons. The smallest absolute Gasteiger partial charge is 0.326 e. The van der Waals surface area contributed by atoms with Crippen LogP contribution in [-0.2, 0) is 19.2 Å². The van der Waals surface area contributed by atoms with E-state index in [2.05, 4.69) is 20.9 Å². The predicted octanol–water partition coefficient (Wildman–Crippen LogP) is -3.43. The normalized spacial score (nSPS) is 14.7. The Morgan fingerprint density at radius 1 is 0.967 bits per heavy atom. The fraction of sp³-hybridized carbons (Fsp3) is 0.706. The number of guanidine groups is 1. The van der Waals surface area contributed by atoms with Gasteiger partial charge in [-0.05, 0) is 25.7 Å². The molecule has 0 saturated heterocycles. The summed E-state index contributed by atoms with van der Waals surface area (Å²) in [6.07, 6.45) is -0.895. The van der Waals surface area contributed by atoms with Crippen molar-refractivity contribution in [3.63, 3.8) is 0 Å². The van der Waals surface area contributed by atoms with Crippen molar-refractivity contribution in [2.24, 2.45) is 28.1 Å². The van der Waals surface area contributed by atoms with Gasteiger partial charge in [-0.25, -0.2) is 4.79 Å². The van der Waals surface area contributed by atoms with Gasteiger partial charge >= 0.3 is 5.97 Å². The van der Waals surface area contributed by atoms with Crippen LogP contribution in [0.2, 0.25) is 0 Å². The molecule has 0 aromatic rings. The molecule has 0 saturated carbocycles. The molecular weight excluding hydrogens is 398 g/mol. The molecule has 0 fully saturated rings. The summed E-state index contributed by atoms with van der Waals surface area (Å²) in [7, 11) is 0. The van der Waals surface area contributed by atoms with E-state index in [1.165, 1.54) is 6.92 Å². The Kier molecular flexibility index (Phi) is 12.0. The van der Waals surface area contributed by atoms with Crippen LogP contribution in [0.5, 0.6) is 0 Å². The number of nitrogens with two attached hydrogens (primary N) is 3. The molecule has 3 amide bonds. The summed E-state index contributed by atoms with van der Waals surface area (Å²) in [5, 5.41) is 26.2. The Labute approximate surface area is 174 Å². The molecular formula is C17H33N7O6. The third-order valence-corrected chi connectivity index (χ3v) is 4.08. The van der Waals surface area contributed by atoms with Crippen LogP contribution in [0.4, 0.5) is 0 Å². The SMILES string of the molecule is CC(C)C(NC(=O)C(CCCN=C(N)N)NC(=O)C(NC(=O)CN)C(C)O)C(=O)O. The number of carbonyl (C=O) groups excluding carboxylic acids is 3. The number of rotatable bonds is 13. The number of aliphatic carboxylic acids is 1. The lowest BCUT2D eigenvalue weighted by Gasteiger charge is -2.26. The van der Waals surface area contributed by atoms with Gasteiger partial charge in [-0.15, -0.1) is 0 Å². The molecule has 4 atom stereocenters. The van der Waals surface area contributed by atoms with Gasteiger partial charge in [0.05, 0.1) is 12.6 Å². The van der Waals surface area contributed by atoms with Gasteiger partial charge in [0, 0.05) is 6.54 Å². The van der Waals surface area contributed by atoms with Gasteiger partial charge in [0.1, 0.15) is 18.1 Å². The van der Waals surface area contributed by atoms with E-state index in [4.69, 9.17) is 17.2 Å². The first-order valence-electron chi connectivity index (χ1n) is 9.47. The average Bonchev–Trinajstić information content (AvgIpc) is 2.64. The molecule has 0 aliphatic carbocycles. The summed E-state index contributed by atoms with van der Waals surface area (Å²) in [6.45, 7) is 4.31. The second-order valence-electron chi connectivity index (χ2n) is 7.07. The molecule has 0 bridgehead atoms. The highest BCUT2D eigenvalue weighted by Gasteiger charge is 2.31. The minimum atomic E-state index is -1.35. The first-order chi connectivity index (χ1) is 13.9. The van der Waals surface area contributed by atoms with Crippen molar-refractivity contribution < 1.29 is 29.4 Å². The Hall–Kier alpha value is -2.93. The third-order valence-electron chi connectivity index (χ3n) is 4.08. The lowest BCUT2D eigenvalue weighted by Crippen LogP contribution is -2.59. The van der Waals surface area contributed by atoms with E-state index in [0.29, 0.717) is 6.42 Å². The van der Waals surface area contributed by atoms with Crippen LogP contribution in [0.15, 0.2) is 4.99 Å². The second kappa shape index (κ2) is 13.3. The number of carbonyl (C=O) groups is 4. The lowest BCUT2D eigenvalue weighted by molar-refractivity contribution is -0.143. The van der Waals surface area contributed by atoms with Gasteiger partial charge in [0.15, 0.2) is 5.96 Å². The standard InChI is InChI=1S/C17H33N7O6/c1-8(2)12(16(29)30)24-14(27)10(5-4-6-21-17(19)20)22-15(28)13(9(3)25)23-11(26)7-18/h8-10,12-13,25H,4-7,18H2,1-3H3,(H,22,28)(H,23,26)(H,24,27)(H,29,30)(H4,19,20,21). The molecule has 0 aliphatic heterocycles. The summed E-state index contributed by atoms with van der Waals surface area (Å²) in [6, 6.07) is -3.67. The molecule has 0 aromatic carbocycles. The molecule has 4 unspecified atom stereocenters. The number of carboxylic acids is 1. The average molecular weight is 431 g/mol. The van der Waals surface area contributed by atoms with Crippen LogP contribution in [0.3, 0.4) is 0 Å². The van der Waals surface area contributed by atoms with Crippen LogP contribution >= 0.6 is 0 Å². The van der Waals surface area contributed by atoms with Crippen molar-refractivity contribution in [2.75, 3.05) is 13.1 Å². The molecule has 0 spiro atoms. The number of nitrogens with zero attached hydrogens (tertiary/aromatic N) is 1. The van der Waals surface area contributed by atoms with Gasteiger partial charge in [-0.2, -0.15) is 0 Å². The van der Waals surface area contributed by atoms with Crippen molar-refractivity contribution in [1.82, 2.24) is 16.0 Å². The van der Waals surface area contributed by atoms with Crippen LogP contribution < -0.4 is 33.2 Å². The monoisotopic (exact) mass is 431 g/mol. The van der Waals surface area contributed by atoms with Crippen LogP contribution in [0.25, 0.3) is 0 Å². The summed E-state index contributed by atoms with van der Waals surface area (Å²) in [5.74, 6) is -3.99. The zero-order valence-electron chi connectivity index (χ0n) is 17.4. The maximum absolute atomic E-state index is 12.7. The van der Waals surface area contributed by atoms with Crippen molar-refractivity contribution in [2.45, 2.75) is 57.8 Å². The van der Waals surface area contributed by atoms with Gasteiger partial charge < -0.3 is 43.4 Å². The number of aliphatic hydroxyl groups excluding tert-OH is 1. The van der Waals surface area contributed by atoms with E-state index in [0.717, 1.165) is 0 Å². The van der Waals surface area contributed by atoms with Crippen molar-refractivity contribution in [1.29, 1.82) is 0 Å². The Morgan fingerprint density at radius 3 is 2.00 bits per heavy atom. The summed E-state index contributed by atoms with van der Waals surface area (Å²) in [5.41, 5.74) is 15.7. The predicted molar refractivity (Wildman–Crippen MR) is 109 cm³/mol. The van der Waals surface area contributed by atoms with Crippen molar-refractivity contribution >= 4 is 29.7 Å². The summed E-state index contributed by atoms with van der Waals surface area (Å²) >= 11 is 0. The maximum Gasteiger partial charge on any atom is 0.326 e. The zero-order chi connectivity index (χ0) is 23.4. The van der Waals surface area contributed by atoms with Crippen LogP contribution in [0, 0.1) is 5.92 Å². The van der Waals surface area contributed by atoms with Gasteiger partial charge in [-0.3, -0.25) is 19.4 Å². The first kappa shape index (κ1) is 27.1. The molecule has 0 heterocycles. The number of nitrogens with one attached hydrogen (secondary N) is 3. The topological polar surface area (TPSA) is 235 Å². The minimum Gasteiger partial charge on any atom is -0.480 e. The number of hydrogen-bond acceptors (Lipinski definition) is 7. The highest BCUT2D eigenvalue weighted by molar-refractivity contribution is 5.93. The molecule has 0 radical (unpaired) electrons. The van der Waals surface area contributed by atoms with E-state index >= 15 is 0 Å². The molecule has 30 heavy (non-hydrogen) atoms. The van der Waals surface area contributed by atoms with Crippen LogP contribution in [-0.4, -0.2) is 77.2 Å². The summed E-state index contributed by atoms with van der Waals surface area (Å²) in [4.78, 5) is 51.9. The Morgan fingerprint density at radius 2 is 1.57 bits per heavy atom. The third kappa shape index (κ3) is 10.0. The lowest BCUT2D eigenvalue weighted by atomic mass is 10.0.